The summed E-state index contributed by atoms with van der Waals surface area (Å²) in [6.45, 7) is 7.50. The van der Waals surface area contributed by atoms with Gasteiger partial charge in [-0.05, 0) is 37.8 Å². The summed E-state index contributed by atoms with van der Waals surface area (Å²) in [7, 11) is 0. The first-order valence-corrected chi connectivity index (χ1v) is 7.48. The Morgan fingerprint density at radius 2 is 2.14 bits per heavy atom. The fraction of sp³-hybridized carbons (Fsp3) is 0.562. The van der Waals surface area contributed by atoms with E-state index >= 15 is 0 Å². The number of halogens is 1. The highest BCUT2D eigenvalue weighted by Gasteiger charge is 2.15. The topological polar surface area (TPSA) is 45.7 Å². The number of nitrogens with one attached hydrogen (secondary N) is 2. The van der Waals surface area contributed by atoms with E-state index in [0.717, 1.165) is 32.1 Å². The van der Waals surface area contributed by atoms with E-state index in [9.17, 15) is 0 Å². The Bertz CT molecular complexity index is 445. The Labute approximate surface area is 144 Å². The molecule has 0 aromatic heterocycles. The second kappa shape index (κ2) is 10.00. The van der Waals surface area contributed by atoms with Gasteiger partial charge in [-0.3, -0.25) is 0 Å². The van der Waals surface area contributed by atoms with Gasteiger partial charge in [-0.15, -0.1) is 24.0 Å². The molecule has 0 spiro atoms. The maximum Gasteiger partial charge on any atom is 0.191 e. The van der Waals surface area contributed by atoms with Gasteiger partial charge in [0.1, 0.15) is 0 Å². The first-order chi connectivity index (χ1) is 9.79. The maximum atomic E-state index is 5.62. The van der Waals surface area contributed by atoms with Gasteiger partial charge in [0, 0.05) is 19.7 Å². The molecular formula is C16H26IN3O. The smallest absolute Gasteiger partial charge is 0.191 e. The van der Waals surface area contributed by atoms with Crippen LogP contribution in [0.3, 0.4) is 0 Å². The lowest BCUT2D eigenvalue weighted by atomic mass is 10.1. The minimum atomic E-state index is 0. The van der Waals surface area contributed by atoms with Gasteiger partial charge in [-0.2, -0.15) is 0 Å². The molecule has 0 amide bonds. The average Bonchev–Trinajstić information content (AvgIpc) is 2.97. The van der Waals surface area contributed by atoms with Gasteiger partial charge in [0.2, 0.25) is 0 Å². The van der Waals surface area contributed by atoms with Crippen molar-refractivity contribution in [2.75, 3.05) is 19.7 Å². The summed E-state index contributed by atoms with van der Waals surface area (Å²) in [5, 5.41) is 6.65. The lowest BCUT2D eigenvalue weighted by Gasteiger charge is -2.15. The molecule has 0 aliphatic carbocycles. The van der Waals surface area contributed by atoms with E-state index in [1.165, 1.54) is 17.5 Å². The van der Waals surface area contributed by atoms with Crippen molar-refractivity contribution in [3.63, 3.8) is 0 Å². The summed E-state index contributed by atoms with van der Waals surface area (Å²) in [6, 6.07) is 8.37. The van der Waals surface area contributed by atoms with Crippen LogP contribution in [0.2, 0.25) is 0 Å². The molecule has 5 heteroatoms. The van der Waals surface area contributed by atoms with Crippen molar-refractivity contribution in [2.24, 2.45) is 4.99 Å². The highest BCUT2D eigenvalue weighted by molar-refractivity contribution is 14.0. The van der Waals surface area contributed by atoms with E-state index in [-0.39, 0.29) is 24.0 Å². The van der Waals surface area contributed by atoms with Gasteiger partial charge >= 0.3 is 0 Å². The molecule has 0 saturated carbocycles. The number of nitrogens with zero attached hydrogens (tertiary/aromatic N) is 1. The van der Waals surface area contributed by atoms with Crippen LogP contribution in [0.15, 0.2) is 29.3 Å². The monoisotopic (exact) mass is 403 g/mol. The van der Waals surface area contributed by atoms with Crippen LogP contribution in [0.4, 0.5) is 0 Å². The second-order valence-corrected chi connectivity index (χ2v) is 5.14. The van der Waals surface area contributed by atoms with E-state index in [1.807, 2.05) is 0 Å². The minimum absolute atomic E-state index is 0. The molecule has 1 fully saturated rings. The van der Waals surface area contributed by atoms with Gasteiger partial charge in [-0.25, -0.2) is 4.99 Å². The summed E-state index contributed by atoms with van der Waals surface area (Å²) in [5.74, 6) is 0.867. The SMILES string of the molecule is CCNC(=NCc1ccccc1C)NCC1CCCO1.I. The molecule has 1 heterocycles. The Balaban J connectivity index is 0.00000220. The van der Waals surface area contributed by atoms with Crippen molar-refractivity contribution in [3.8, 4) is 0 Å². The zero-order valence-electron chi connectivity index (χ0n) is 12.9. The highest BCUT2D eigenvalue weighted by atomic mass is 127. The van der Waals surface area contributed by atoms with Crippen LogP contribution in [0, 0.1) is 6.92 Å². The molecule has 1 unspecified atom stereocenters. The van der Waals surface area contributed by atoms with E-state index < -0.39 is 0 Å². The molecule has 118 valence electrons. The third-order valence-corrected chi connectivity index (χ3v) is 3.53. The maximum absolute atomic E-state index is 5.62. The van der Waals surface area contributed by atoms with Crippen LogP contribution in [0.1, 0.15) is 30.9 Å². The van der Waals surface area contributed by atoms with Gasteiger partial charge in [0.05, 0.1) is 12.6 Å². The number of ether oxygens (including phenoxy) is 1. The number of aryl methyl sites for hydroxylation is 1. The molecule has 1 saturated heterocycles. The average molecular weight is 403 g/mol. The van der Waals surface area contributed by atoms with Crippen molar-refractivity contribution in [2.45, 2.75) is 39.3 Å². The van der Waals surface area contributed by atoms with Gasteiger partial charge in [0.25, 0.3) is 0 Å². The molecule has 2 rings (SSSR count). The Hall–Kier alpha value is -0.820. The molecule has 4 nitrogen and oxygen atoms in total. The molecule has 1 aliphatic rings. The van der Waals surface area contributed by atoms with Gasteiger partial charge in [-0.1, -0.05) is 24.3 Å². The number of guanidine groups is 1. The first kappa shape index (κ1) is 18.2. The molecule has 0 bridgehead atoms. The zero-order valence-corrected chi connectivity index (χ0v) is 15.2. The molecule has 21 heavy (non-hydrogen) atoms. The summed E-state index contributed by atoms with van der Waals surface area (Å²) < 4.78 is 5.62. The van der Waals surface area contributed by atoms with Crippen molar-refractivity contribution in [1.29, 1.82) is 0 Å². The summed E-state index contributed by atoms with van der Waals surface area (Å²) >= 11 is 0. The predicted molar refractivity (Wildman–Crippen MR) is 98.4 cm³/mol. The highest BCUT2D eigenvalue weighted by Crippen LogP contribution is 2.10. The number of rotatable bonds is 5. The largest absolute Gasteiger partial charge is 0.376 e. The van der Waals surface area contributed by atoms with Crippen LogP contribution < -0.4 is 10.6 Å². The predicted octanol–water partition coefficient (Wildman–Crippen LogP) is 2.85. The van der Waals surface area contributed by atoms with Gasteiger partial charge in [0.15, 0.2) is 5.96 Å². The lowest BCUT2D eigenvalue weighted by molar-refractivity contribution is 0.114. The second-order valence-electron chi connectivity index (χ2n) is 5.14. The van der Waals surface area contributed by atoms with Crippen LogP contribution in [0.5, 0.6) is 0 Å². The summed E-state index contributed by atoms with van der Waals surface area (Å²) in [5.41, 5.74) is 2.55. The number of hydrogen-bond donors (Lipinski definition) is 2. The van der Waals surface area contributed by atoms with E-state index in [1.54, 1.807) is 0 Å². The molecular weight excluding hydrogens is 377 g/mol. The third-order valence-electron chi connectivity index (χ3n) is 3.53. The third kappa shape index (κ3) is 6.22. The van der Waals surface area contributed by atoms with Crippen molar-refractivity contribution in [3.05, 3.63) is 35.4 Å². The quantitative estimate of drug-likeness (QED) is 0.452. The minimum Gasteiger partial charge on any atom is -0.376 e. The molecule has 1 aromatic rings. The molecule has 2 N–H and O–H groups in total. The number of aliphatic imine (C=N–C) groups is 1. The summed E-state index contributed by atoms with van der Waals surface area (Å²) in [4.78, 5) is 4.64. The lowest BCUT2D eigenvalue weighted by Crippen LogP contribution is -2.41. The van der Waals surface area contributed by atoms with E-state index in [0.29, 0.717) is 12.6 Å². The fourth-order valence-electron chi connectivity index (χ4n) is 2.31. The zero-order chi connectivity index (χ0) is 14.2. The van der Waals surface area contributed by atoms with Crippen molar-refractivity contribution in [1.82, 2.24) is 10.6 Å². The van der Waals surface area contributed by atoms with Crippen LogP contribution >= 0.6 is 24.0 Å². The summed E-state index contributed by atoms with van der Waals surface area (Å²) in [6.07, 6.45) is 2.64. The van der Waals surface area contributed by atoms with E-state index in [2.05, 4.69) is 53.7 Å². The van der Waals surface area contributed by atoms with Crippen molar-refractivity contribution >= 4 is 29.9 Å². The van der Waals surface area contributed by atoms with Crippen LogP contribution in [-0.2, 0) is 11.3 Å². The molecule has 0 radical (unpaired) electrons. The standard InChI is InChI=1S/C16H25N3O.HI/c1-3-17-16(19-12-15-9-6-10-20-15)18-11-14-8-5-4-7-13(14)2;/h4-5,7-8,15H,3,6,9-12H2,1-2H3,(H2,17,18,19);1H. The fourth-order valence-corrected chi connectivity index (χ4v) is 2.31. The molecule has 1 aliphatic heterocycles. The normalized spacial score (nSPS) is 18.2. The Morgan fingerprint density at radius 3 is 2.81 bits per heavy atom. The Morgan fingerprint density at radius 1 is 1.33 bits per heavy atom. The number of benzene rings is 1. The van der Waals surface area contributed by atoms with E-state index in [4.69, 9.17) is 4.74 Å². The van der Waals surface area contributed by atoms with Crippen molar-refractivity contribution < 1.29 is 4.74 Å². The number of hydrogen-bond acceptors (Lipinski definition) is 2. The Kier molecular flexibility index (Phi) is 8.68. The van der Waals surface area contributed by atoms with Gasteiger partial charge < -0.3 is 15.4 Å². The molecule has 1 atom stereocenters. The van der Waals surface area contributed by atoms with Crippen LogP contribution in [-0.4, -0.2) is 31.8 Å². The molecule has 1 aromatic carbocycles. The first-order valence-electron chi connectivity index (χ1n) is 7.48. The van der Waals surface area contributed by atoms with Crippen LogP contribution in [0.25, 0.3) is 0 Å².